The van der Waals surface area contributed by atoms with Crippen LogP contribution < -0.4 is 9.47 Å². The van der Waals surface area contributed by atoms with Crippen molar-refractivity contribution in [3.8, 4) is 17.6 Å². The quantitative estimate of drug-likeness (QED) is 0.375. The molecule has 6 nitrogen and oxygen atoms in total. The summed E-state index contributed by atoms with van der Waals surface area (Å²) in [6.07, 6.45) is 0.710. The van der Waals surface area contributed by atoms with Gasteiger partial charge in [0.05, 0.1) is 6.61 Å². The number of nitrogens with zero attached hydrogens (tertiary/aromatic N) is 2. The van der Waals surface area contributed by atoms with Crippen molar-refractivity contribution >= 4 is 17.8 Å². The van der Waals surface area contributed by atoms with Crippen LogP contribution in [-0.2, 0) is 4.79 Å². The molecule has 0 N–H and O–H groups in total. The average molecular weight is 410 g/mol. The van der Waals surface area contributed by atoms with Crippen LogP contribution in [0.2, 0.25) is 0 Å². The molecule has 7 heteroatoms. The van der Waals surface area contributed by atoms with E-state index in [0.717, 1.165) is 12.1 Å². The van der Waals surface area contributed by atoms with Crippen molar-refractivity contribution in [2.24, 2.45) is 0 Å². The van der Waals surface area contributed by atoms with E-state index in [-0.39, 0.29) is 17.0 Å². The summed E-state index contributed by atoms with van der Waals surface area (Å²) in [4.78, 5) is 26.0. The maximum atomic E-state index is 13.1. The van der Waals surface area contributed by atoms with Crippen molar-refractivity contribution < 1.29 is 23.5 Å². The molecule has 0 spiro atoms. The number of carbonyl (C=O) groups excluding carboxylic acids is 2. The zero-order chi connectivity index (χ0) is 22.3. The summed E-state index contributed by atoms with van der Waals surface area (Å²) in [5.74, 6) is -0.414. The van der Waals surface area contributed by atoms with Gasteiger partial charge in [-0.05, 0) is 61.9 Å². The number of allylic oxidation sites excluding steroid dienone is 1. The van der Waals surface area contributed by atoms with Gasteiger partial charge >= 0.3 is 0 Å². The Labute approximate surface area is 175 Å². The minimum atomic E-state index is -0.713. The Morgan fingerprint density at radius 2 is 1.83 bits per heavy atom. The number of amides is 1. The molecule has 0 radical (unpaired) electrons. The molecule has 0 unspecified atom stereocenters. The summed E-state index contributed by atoms with van der Waals surface area (Å²) in [6.45, 7) is 3.81. The first-order chi connectivity index (χ1) is 14.3. The molecule has 0 heterocycles. The Hall–Kier alpha value is -3.66. The lowest BCUT2D eigenvalue weighted by molar-refractivity contribution is -0.135. The summed E-state index contributed by atoms with van der Waals surface area (Å²) in [6, 6.07) is 11.8. The number of hydrogen-bond donors (Lipinski definition) is 0. The minimum absolute atomic E-state index is 0.103. The van der Waals surface area contributed by atoms with Gasteiger partial charge in [0.1, 0.15) is 17.5 Å². The molecule has 0 aliphatic rings. The molecule has 1 atom stereocenters. The van der Waals surface area contributed by atoms with Crippen LogP contribution >= 0.6 is 0 Å². The van der Waals surface area contributed by atoms with Crippen LogP contribution in [0.1, 0.15) is 29.8 Å². The average Bonchev–Trinajstić information content (AvgIpc) is 2.73. The third kappa shape index (κ3) is 5.67. The van der Waals surface area contributed by atoms with Crippen molar-refractivity contribution in [3.05, 3.63) is 65.0 Å². The first-order valence-corrected chi connectivity index (χ1v) is 9.33. The van der Waals surface area contributed by atoms with Crippen LogP contribution in [0.4, 0.5) is 4.39 Å². The van der Waals surface area contributed by atoms with Gasteiger partial charge in [0.25, 0.3) is 5.91 Å². The monoisotopic (exact) mass is 410 g/mol. The van der Waals surface area contributed by atoms with E-state index in [4.69, 9.17) is 9.47 Å². The van der Waals surface area contributed by atoms with Gasteiger partial charge in [-0.25, -0.2) is 4.39 Å². The first kappa shape index (κ1) is 22.6. The maximum Gasteiger partial charge on any atom is 0.262 e. The number of ether oxygens (including phenoxy) is 2. The molecule has 0 bridgehead atoms. The normalized spacial score (nSPS) is 11.9. The standard InChI is InChI=1S/C23H23FN2O4/c1-5-29-21-13-16(6-11-20(21)30-15(2)23(28)26(3)4)12-18(14-25)22(27)17-7-9-19(24)10-8-17/h6-13,15H,5H2,1-4H3/b18-12+/t15-/m1/s1. The molecule has 0 aromatic heterocycles. The molecular weight excluding hydrogens is 387 g/mol. The van der Waals surface area contributed by atoms with E-state index in [1.807, 2.05) is 6.07 Å². The van der Waals surface area contributed by atoms with Gasteiger partial charge in [0, 0.05) is 19.7 Å². The highest BCUT2D eigenvalue weighted by molar-refractivity contribution is 6.14. The first-order valence-electron chi connectivity index (χ1n) is 9.33. The maximum absolute atomic E-state index is 13.1. The molecule has 0 aliphatic heterocycles. The summed E-state index contributed by atoms with van der Waals surface area (Å²) >= 11 is 0. The lowest BCUT2D eigenvalue weighted by Gasteiger charge is -2.20. The molecule has 0 aliphatic carbocycles. The van der Waals surface area contributed by atoms with Crippen molar-refractivity contribution in [1.82, 2.24) is 4.90 Å². The van der Waals surface area contributed by atoms with E-state index in [9.17, 15) is 19.2 Å². The lowest BCUT2D eigenvalue weighted by atomic mass is 10.0. The van der Waals surface area contributed by atoms with Gasteiger partial charge < -0.3 is 14.4 Å². The topological polar surface area (TPSA) is 79.6 Å². The summed E-state index contributed by atoms with van der Waals surface area (Å²) in [5, 5.41) is 9.42. The number of halogens is 1. The van der Waals surface area contributed by atoms with Crippen LogP contribution in [0, 0.1) is 17.1 Å². The van der Waals surface area contributed by atoms with Gasteiger partial charge in [0.15, 0.2) is 17.6 Å². The minimum Gasteiger partial charge on any atom is -0.490 e. The van der Waals surface area contributed by atoms with Gasteiger partial charge in [-0.3, -0.25) is 9.59 Å². The zero-order valence-corrected chi connectivity index (χ0v) is 17.3. The zero-order valence-electron chi connectivity index (χ0n) is 17.3. The fourth-order valence-corrected chi connectivity index (χ4v) is 2.66. The summed E-state index contributed by atoms with van der Waals surface area (Å²) < 4.78 is 24.4. The molecule has 2 aromatic carbocycles. The Balaban J connectivity index is 2.33. The molecule has 2 rings (SSSR count). The number of carbonyl (C=O) groups is 2. The number of rotatable bonds is 8. The van der Waals surface area contributed by atoms with Crippen molar-refractivity contribution in [2.45, 2.75) is 20.0 Å². The predicted octanol–water partition coefficient (Wildman–Crippen LogP) is 3.87. The molecule has 30 heavy (non-hydrogen) atoms. The van der Waals surface area contributed by atoms with Gasteiger partial charge in [0.2, 0.25) is 5.78 Å². The molecule has 2 aromatic rings. The number of ketones is 1. The summed E-state index contributed by atoms with van der Waals surface area (Å²) in [7, 11) is 3.28. The van der Waals surface area contributed by atoms with E-state index in [2.05, 4.69) is 0 Å². The van der Waals surface area contributed by atoms with E-state index < -0.39 is 17.7 Å². The van der Waals surface area contributed by atoms with Crippen molar-refractivity contribution in [2.75, 3.05) is 20.7 Å². The number of hydrogen-bond acceptors (Lipinski definition) is 5. The predicted molar refractivity (Wildman–Crippen MR) is 111 cm³/mol. The molecule has 0 saturated heterocycles. The molecule has 1 amide bonds. The van der Waals surface area contributed by atoms with E-state index in [0.29, 0.717) is 23.7 Å². The van der Waals surface area contributed by atoms with Crippen LogP contribution in [-0.4, -0.2) is 43.4 Å². The highest BCUT2D eigenvalue weighted by Gasteiger charge is 2.19. The third-order valence-electron chi connectivity index (χ3n) is 4.14. The Kier molecular flexibility index (Phi) is 7.70. The fraction of sp³-hybridized carbons (Fsp3) is 0.261. The smallest absolute Gasteiger partial charge is 0.262 e. The Bertz CT molecular complexity index is 991. The van der Waals surface area contributed by atoms with E-state index in [1.54, 1.807) is 46.1 Å². The largest absolute Gasteiger partial charge is 0.490 e. The number of benzene rings is 2. The fourth-order valence-electron chi connectivity index (χ4n) is 2.66. The van der Waals surface area contributed by atoms with Crippen LogP contribution in [0.25, 0.3) is 6.08 Å². The van der Waals surface area contributed by atoms with Gasteiger partial charge in [-0.15, -0.1) is 0 Å². The highest BCUT2D eigenvalue weighted by atomic mass is 19.1. The second-order valence-corrected chi connectivity index (χ2v) is 6.64. The van der Waals surface area contributed by atoms with Crippen LogP contribution in [0.5, 0.6) is 11.5 Å². The number of Topliss-reactive ketones (excluding diaryl/α,β-unsaturated/α-hetero) is 1. The SMILES string of the molecule is CCOc1cc(/C=C(\C#N)C(=O)c2ccc(F)cc2)ccc1O[C@H](C)C(=O)N(C)C. The van der Waals surface area contributed by atoms with Gasteiger partial charge in [-0.2, -0.15) is 5.26 Å². The number of likely N-dealkylation sites (N-methyl/N-ethyl adjacent to an activating group) is 1. The van der Waals surface area contributed by atoms with E-state index >= 15 is 0 Å². The molecular formula is C23H23FN2O4. The molecule has 156 valence electrons. The Morgan fingerprint density at radius 3 is 2.40 bits per heavy atom. The van der Waals surface area contributed by atoms with Gasteiger partial charge in [-0.1, -0.05) is 6.07 Å². The third-order valence-corrected chi connectivity index (χ3v) is 4.14. The van der Waals surface area contributed by atoms with Crippen molar-refractivity contribution in [1.29, 1.82) is 5.26 Å². The molecule has 0 saturated carbocycles. The lowest BCUT2D eigenvalue weighted by Crippen LogP contribution is -2.35. The second kappa shape index (κ2) is 10.2. The number of nitriles is 1. The van der Waals surface area contributed by atoms with Crippen LogP contribution in [0.3, 0.4) is 0 Å². The highest BCUT2D eigenvalue weighted by Crippen LogP contribution is 2.30. The van der Waals surface area contributed by atoms with E-state index in [1.165, 1.54) is 23.1 Å². The Morgan fingerprint density at radius 1 is 1.17 bits per heavy atom. The van der Waals surface area contributed by atoms with Crippen LogP contribution in [0.15, 0.2) is 48.0 Å². The molecule has 0 fully saturated rings. The van der Waals surface area contributed by atoms with Crippen molar-refractivity contribution in [3.63, 3.8) is 0 Å². The summed E-state index contributed by atoms with van der Waals surface area (Å²) in [5.41, 5.74) is 0.656. The second-order valence-electron chi connectivity index (χ2n) is 6.64.